The molecule has 0 saturated heterocycles. The summed E-state index contributed by atoms with van der Waals surface area (Å²) in [4.78, 5) is 0. The van der Waals surface area contributed by atoms with E-state index in [1.54, 1.807) is 7.11 Å². The van der Waals surface area contributed by atoms with Crippen molar-refractivity contribution in [3.8, 4) is 0 Å². The molecule has 1 fully saturated rings. The van der Waals surface area contributed by atoms with E-state index in [1.807, 2.05) is 0 Å². The monoisotopic (exact) mass is 200 g/mol. The molecule has 1 aliphatic rings. The second-order valence-electron chi connectivity index (χ2n) is 4.22. The SMILES string of the molecule is COC(CN)CCNCCC1CCC1. The van der Waals surface area contributed by atoms with Crippen molar-refractivity contribution in [3.63, 3.8) is 0 Å². The number of nitrogens with one attached hydrogen (secondary N) is 1. The maximum absolute atomic E-state index is 5.52. The highest BCUT2D eigenvalue weighted by Crippen LogP contribution is 2.28. The fourth-order valence-corrected chi connectivity index (χ4v) is 1.81. The quantitative estimate of drug-likeness (QED) is 0.577. The zero-order valence-electron chi connectivity index (χ0n) is 9.30. The normalized spacial score (nSPS) is 19.3. The van der Waals surface area contributed by atoms with Gasteiger partial charge in [-0.2, -0.15) is 0 Å². The van der Waals surface area contributed by atoms with Crippen molar-refractivity contribution in [1.82, 2.24) is 5.32 Å². The summed E-state index contributed by atoms with van der Waals surface area (Å²) in [6, 6.07) is 0. The van der Waals surface area contributed by atoms with E-state index in [2.05, 4.69) is 5.32 Å². The standard InChI is InChI=1S/C11H24N2O/c1-14-11(9-12)6-8-13-7-5-10-3-2-4-10/h10-11,13H,2-9,12H2,1H3. The molecule has 1 saturated carbocycles. The largest absolute Gasteiger partial charge is 0.380 e. The lowest BCUT2D eigenvalue weighted by atomic mass is 9.83. The van der Waals surface area contributed by atoms with Crippen LogP contribution < -0.4 is 11.1 Å². The van der Waals surface area contributed by atoms with E-state index < -0.39 is 0 Å². The molecule has 14 heavy (non-hydrogen) atoms. The average Bonchev–Trinajstić information content (AvgIpc) is 2.14. The predicted molar refractivity (Wildman–Crippen MR) is 59.3 cm³/mol. The molecule has 0 radical (unpaired) electrons. The lowest BCUT2D eigenvalue weighted by molar-refractivity contribution is 0.102. The summed E-state index contributed by atoms with van der Waals surface area (Å²) in [6.45, 7) is 2.81. The summed E-state index contributed by atoms with van der Waals surface area (Å²) >= 11 is 0. The number of nitrogens with two attached hydrogens (primary N) is 1. The zero-order valence-corrected chi connectivity index (χ0v) is 9.30. The van der Waals surface area contributed by atoms with Crippen molar-refractivity contribution in [1.29, 1.82) is 0 Å². The van der Waals surface area contributed by atoms with E-state index in [0.29, 0.717) is 6.54 Å². The van der Waals surface area contributed by atoms with Gasteiger partial charge in [-0.25, -0.2) is 0 Å². The van der Waals surface area contributed by atoms with Crippen LogP contribution in [0, 0.1) is 5.92 Å². The van der Waals surface area contributed by atoms with E-state index in [9.17, 15) is 0 Å². The van der Waals surface area contributed by atoms with Crippen LogP contribution in [-0.4, -0.2) is 32.8 Å². The van der Waals surface area contributed by atoms with Gasteiger partial charge in [-0.05, 0) is 31.8 Å². The Morgan fingerprint density at radius 3 is 2.71 bits per heavy atom. The van der Waals surface area contributed by atoms with E-state index in [4.69, 9.17) is 10.5 Å². The van der Waals surface area contributed by atoms with E-state index in [1.165, 1.54) is 25.7 Å². The average molecular weight is 200 g/mol. The molecule has 3 nitrogen and oxygen atoms in total. The fraction of sp³-hybridized carbons (Fsp3) is 1.00. The molecule has 0 amide bonds. The molecule has 0 aromatic rings. The Morgan fingerprint density at radius 2 is 2.21 bits per heavy atom. The zero-order chi connectivity index (χ0) is 10.2. The third-order valence-electron chi connectivity index (χ3n) is 3.19. The van der Waals surface area contributed by atoms with Gasteiger partial charge in [-0.15, -0.1) is 0 Å². The Balaban J connectivity index is 1.83. The van der Waals surface area contributed by atoms with Gasteiger partial charge < -0.3 is 15.8 Å². The van der Waals surface area contributed by atoms with Crippen LogP contribution in [0.15, 0.2) is 0 Å². The maximum Gasteiger partial charge on any atom is 0.0705 e. The van der Waals surface area contributed by atoms with Crippen molar-refractivity contribution in [2.75, 3.05) is 26.7 Å². The van der Waals surface area contributed by atoms with Gasteiger partial charge in [0.05, 0.1) is 6.10 Å². The van der Waals surface area contributed by atoms with Crippen LogP contribution in [0.4, 0.5) is 0 Å². The highest BCUT2D eigenvalue weighted by atomic mass is 16.5. The van der Waals surface area contributed by atoms with Gasteiger partial charge in [0.1, 0.15) is 0 Å². The first-order chi connectivity index (χ1) is 6.86. The Bertz CT molecular complexity index is 133. The van der Waals surface area contributed by atoms with E-state index >= 15 is 0 Å². The van der Waals surface area contributed by atoms with Gasteiger partial charge >= 0.3 is 0 Å². The van der Waals surface area contributed by atoms with Crippen molar-refractivity contribution in [3.05, 3.63) is 0 Å². The topological polar surface area (TPSA) is 47.3 Å². The van der Waals surface area contributed by atoms with Crippen molar-refractivity contribution in [2.24, 2.45) is 11.7 Å². The van der Waals surface area contributed by atoms with Crippen LogP contribution in [0.3, 0.4) is 0 Å². The molecule has 1 rings (SSSR count). The molecule has 0 aliphatic heterocycles. The predicted octanol–water partition coefficient (Wildman–Crippen LogP) is 1.13. The summed E-state index contributed by atoms with van der Waals surface area (Å²) in [6.07, 6.45) is 6.95. The van der Waals surface area contributed by atoms with Gasteiger partial charge in [0.15, 0.2) is 0 Å². The van der Waals surface area contributed by atoms with Crippen molar-refractivity contribution < 1.29 is 4.74 Å². The van der Waals surface area contributed by atoms with Gasteiger partial charge in [0.25, 0.3) is 0 Å². The summed E-state index contributed by atoms with van der Waals surface area (Å²) in [5.41, 5.74) is 5.52. The van der Waals surface area contributed by atoms with Crippen LogP contribution in [0.2, 0.25) is 0 Å². The van der Waals surface area contributed by atoms with Crippen LogP contribution in [0.25, 0.3) is 0 Å². The molecule has 1 unspecified atom stereocenters. The molecule has 1 aliphatic carbocycles. The Kier molecular flexibility index (Phi) is 6.15. The van der Waals surface area contributed by atoms with Gasteiger partial charge in [-0.1, -0.05) is 19.3 Å². The Hall–Kier alpha value is -0.120. The number of rotatable bonds is 8. The van der Waals surface area contributed by atoms with E-state index in [0.717, 1.165) is 25.4 Å². The minimum atomic E-state index is 0.228. The third-order valence-corrected chi connectivity index (χ3v) is 3.19. The number of hydrogen-bond acceptors (Lipinski definition) is 3. The van der Waals surface area contributed by atoms with Gasteiger partial charge in [0, 0.05) is 13.7 Å². The van der Waals surface area contributed by atoms with Gasteiger partial charge in [0.2, 0.25) is 0 Å². The summed E-state index contributed by atoms with van der Waals surface area (Å²) < 4.78 is 5.19. The molecular formula is C11H24N2O. The van der Waals surface area contributed by atoms with Gasteiger partial charge in [-0.3, -0.25) is 0 Å². The molecule has 3 heteroatoms. The first-order valence-electron chi connectivity index (χ1n) is 5.80. The molecular weight excluding hydrogens is 176 g/mol. The number of methoxy groups -OCH3 is 1. The van der Waals surface area contributed by atoms with Crippen molar-refractivity contribution >= 4 is 0 Å². The van der Waals surface area contributed by atoms with Crippen LogP contribution in [0.1, 0.15) is 32.1 Å². The Morgan fingerprint density at radius 1 is 1.43 bits per heavy atom. The minimum Gasteiger partial charge on any atom is -0.380 e. The lowest BCUT2D eigenvalue weighted by Crippen LogP contribution is -2.29. The number of hydrogen-bond donors (Lipinski definition) is 2. The van der Waals surface area contributed by atoms with Crippen LogP contribution in [-0.2, 0) is 4.74 Å². The van der Waals surface area contributed by atoms with E-state index in [-0.39, 0.29) is 6.10 Å². The lowest BCUT2D eigenvalue weighted by Gasteiger charge is -2.25. The summed E-state index contributed by atoms with van der Waals surface area (Å²) in [7, 11) is 1.73. The van der Waals surface area contributed by atoms with Crippen LogP contribution >= 0.6 is 0 Å². The van der Waals surface area contributed by atoms with Crippen molar-refractivity contribution in [2.45, 2.75) is 38.2 Å². The molecule has 0 spiro atoms. The highest BCUT2D eigenvalue weighted by molar-refractivity contribution is 4.70. The summed E-state index contributed by atoms with van der Waals surface area (Å²) in [5.74, 6) is 1.01. The maximum atomic E-state index is 5.52. The molecule has 0 aromatic heterocycles. The Labute approximate surface area is 87.4 Å². The molecule has 1 atom stereocenters. The first-order valence-corrected chi connectivity index (χ1v) is 5.80. The van der Waals surface area contributed by atoms with Crippen LogP contribution in [0.5, 0.6) is 0 Å². The molecule has 0 heterocycles. The smallest absolute Gasteiger partial charge is 0.0705 e. The fourth-order valence-electron chi connectivity index (χ4n) is 1.81. The molecule has 0 aromatic carbocycles. The molecule has 3 N–H and O–H groups in total. The highest BCUT2D eigenvalue weighted by Gasteiger charge is 2.16. The molecule has 0 bridgehead atoms. The second kappa shape index (κ2) is 7.21. The first kappa shape index (κ1) is 12.0. The molecule has 84 valence electrons. The minimum absolute atomic E-state index is 0.228. The number of ether oxygens (including phenoxy) is 1. The summed E-state index contributed by atoms with van der Waals surface area (Å²) in [5, 5.41) is 3.45. The third kappa shape index (κ3) is 4.40. The second-order valence-corrected chi connectivity index (χ2v) is 4.22.